The van der Waals surface area contributed by atoms with Crippen LogP contribution in [0.25, 0.3) is 0 Å². The molecule has 21 heavy (non-hydrogen) atoms. The van der Waals surface area contributed by atoms with E-state index in [1.165, 1.54) is 12.8 Å². The van der Waals surface area contributed by atoms with Crippen molar-refractivity contribution < 1.29 is 4.43 Å². The van der Waals surface area contributed by atoms with Crippen LogP contribution >= 0.6 is 15.9 Å². The second kappa shape index (κ2) is 6.38. The molecule has 5 heteroatoms. The van der Waals surface area contributed by atoms with Crippen molar-refractivity contribution in [2.45, 2.75) is 57.8 Å². The van der Waals surface area contributed by atoms with Crippen molar-refractivity contribution in [2.24, 2.45) is 0 Å². The minimum absolute atomic E-state index is 0.269. The maximum absolute atomic E-state index is 6.58. The number of nitrogens with zero attached hydrogens (tertiary/aromatic N) is 2. The van der Waals surface area contributed by atoms with Crippen molar-refractivity contribution in [1.82, 2.24) is 4.98 Å². The van der Waals surface area contributed by atoms with E-state index in [0.717, 1.165) is 23.4 Å². The summed E-state index contributed by atoms with van der Waals surface area (Å²) >= 11 is 3.44. The molecule has 0 amide bonds. The van der Waals surface area contributed by atoms with E-state index in [4.69, 9.17) is 4.43 Å². The maximum Gasteiger partial charge on any atom is 0.192 e. The van der Waals surface area contributed by atoms with Crippen LogP contribution in [0, 0.1) is 0 Å². The van der Waals surface area contributed by atoms with Gasteiger partial charge in [0.25, 0.3) is 0 Å². The topological polar surface area (TPSA) is 25.4 Å². The molecule has 1 aliphatic rings. The summed E-state index contributed by atoms with van der Waals surface area (Å²) in [6.45, 7) is 13.6. The van der Waals surface area contributed by atoms with E-state index in [9.17, 15) is 0 Å². The fraction of sp³-hybridized carbons (Fsp3) is 0.688. The Kier molecular flexibility index (Phi) is 5.16. The highest BCUT2D eigenvalue weighted by Gasteiger charge is 2.39. The molecule has 0 aliphatic carbocycles. The van der Waals surface area contributed by atoms with Gasteiger partial charge in [-0.3, -0.25) is 0 Å². The normalized spacial score (nSPS) is 20.7. The van der Waals surface area contributed by atoms with Gasteiger partial charge in [0.05, 0.1) is 6.10 Å². The minimum atomic E-state index is -1.69. The number of anilines is 1. The molecule has 0 aromatic carbocycles. The Labute approximate surface area is 138 Å². The molecule has 1 fully saturated rings. The molecule has 1 atom stereocenters. The monoisotopic (exact) mass is 370 g/mol. The lowest BCUT2D eigenvalue weighted by molar-refractivity contribution is 0.160. The average molecular weight is 371 g/mol. The Morgan fingerprint density at radius 2 is 2.05 bits per heavy atom. The second-order valence-corrected chi connectivity index (χ2v) is 13.1. The van der Waals surface area contributed by atoms with Gasteiger partial charge in [0.2, 0.25) is 0 Å². The van der Waals surface area contributed by atoms with E-state index >= 15 is 0 Å². The largest absolute Gasteiger partial charge is 0.412 e. The van der Waals surface area contributed by atoms with Crippen LogP contribution in [0.3, 0.4) is 0 Å². The van der Waals surface area contributed by atoms with Crippen LogP contribution in [0.4, 0.5) is 5.82 Å². The highest BCUT2D eigenvalue weighted by atomic mass is 79.9. The number of piperidine rings is 1. The first-order chi connectivity index (χ1) is 9.69. The number of halogens is 1. The van der Waals surface area contributed by atoms with Crippen molar-refractivity contribution in [2.75, 3.05) is 18.0 Å². The van der Waals surface area contributed by atoms with Crippen LogP contribution in [-0.2, 0) is 4.43 Å². The predicted octanol–water partition coefficient (Wildman–Crippen LogP) is 4.83. The molecule has 1 aliphatic heterocycles. The Hall–Kier alpha value is -0.393. The van der Waals surface area contributed by atoms with Crippen molar-refractivity contribution in [3.8, 4) is 0 Å². The van der Waals surface area contributed by atoms with E-state index in [2.05, 4.69) is 71.8 Å². The fourth-order valence-electron chi connectivity index (χ4n) is 2.39. The Balaban J connectivity index is 2.03. The van der Waals surface area contributed by atoms with Gasteiger partial charge in [0.1, 0.15) is 5.82 Å². The van der Waals surface area contributed by atoms with Crippen LogP contribution in [0.2, 0.25) is 18.1 Å². The van der Waals surface area contributed by atoms with Gasteiger partial charge < -0.3 is 9.33 Å². The maximum atomic E-state index is 6.58. The molecule has 1 saturated heterocycles. The summed E-state index contributed by atoms with van der Waals surface area (Å²) in [6, 6.07) is 4.14. The SMILES string of the molecule is CC(C)(C)[Si](C)(C)O[C@H]1CCCN(c2ccc(Br)cn2)C1. The summed E-state index contributed by atoms with van der Waals surface area (Å²) in [4.78, 5) is 6.87. The highest BCUT2D eigenvalue weighted by Crippen LogP contribution is 2.38. The molecule has 3 nitrogen and oxygen atoms in total. The third kappa shape index (κ3) is 4.30. The smallest absolute Gasteiger partial charge is 0.192 e. The molecule has 0 N–H and O–H groups in total. The lowest BCUT2D eigenvalue weighted by Gasteiger charge is -2.42. The standard InChI is InChI=1S/C16H27BrN2OSi/c1-16(2,3)21(4,5)20-14-7-6-10-19(12-14)15-9-8-13(17)11-18-15/h8-9,11,14H,6-7,10,12H2,1-5H3/t14-/m0/s1. The third-order valence-electron chi connectivity index (χ3n) is 4.68. The highest BCUT2D eigenvalue weighted by molar-refractivity contribution is 9.10. The van der Waals surface area contributed by atoms with Crippen molar-refractivity contribution in [1.29, 1.82) is 0 Å². The minimum Gasteiger partial charge on any atom is -0.412 e. The first-order valence-corrected chi connectivity index (χ1v) is 11.4. The summed E-state index contributed by atoms with van der Waals surface area (Å²) in [5.74, 6) is 1.06. The quantitative estimate of drug-likeness (QED) is 0.712. The molecule has 0 saturated carbocycles. The van der Waals surface area contributed by atoms with Gasteiger partial charge in [-0.1, -0.05) is 20.8 Å². The average Bonchev–Trinajstić information content (AvgIpc) is 2.38. The van der Waals surface area contributed by atoms with Gasteiger partial charge in [0, 0.05) is 23.8 Å². The Morgan fingerprint density at radius 1 is 1.33 bits per heavy atom. The lowest BCUT2D eigenvalue weighted by Crippen LogP contribution is -2.49. The van der Waals surface area contributed by atoms with E-state index in [0.29, 0.717) is 6.10 Å². The molecule has 0 spiro atoms. The number of hydrogen-bond acceptors (Lipinski definition) is 3. The van der Waals surface area contributed by atoms with Crippen LogP contribution in [0.5, 0.6) is 0 Å². The summed E-state index contributed by atoms with van der Waals surface area (Å²) < 4.78 is 7.60. The summed E-state index contributed by atoms with van der Waals surface area (Å²) in [5, 5.41) is 0.269. The van der Waals surface area contributed by atoms with Gasteiger partial charge >= 0.3 is 0 Å². The summed E-state index contributed by atoms with van der Waals surface area (Å²) in [7, 11) is -1.69. The van der Waals surface area contributed by atoms with E-state index < -0.39 is 8.32 Å². The fourth-order valence-corrected chi connectivity index (χ4v) is 4.00. The molecule has 0 radical (unpaired) electrons. The van der Waals surface area contributed by atoms with E-state index in [-0.39, 0.29) is 5.04 Å². The molecule has 2 heterocycles. The zero-order valence-electron chi connectivity index (χ0n) is 13.8. The molecular formula is C16H27BrN2OSi. The van der Waals surface area contributed by atoms with Crippen molar-refractivity contribution in [3.05, 3.63) is 22.8 Å². The molecule has 118 valence electrons. The van der Waals surface area contributed by atoms with Crippen molar-refractivity contribution >= 4 is 30.1 Å². The first kappa shape index (κ1) is 17.0. The molecule has 1 aromatic rings. The third-order valence-corrected chi connectivity index (χ3v) is 9.69. The zero-order chi connectivity index (χ0) is 15.7. The van der Waals surface area contributed by atoms with Gasteiger partial charge in [-0.05, 0) is 59.0 Å². The van der Waals surface area contributed by atoms with Crippen LogP contribution in [0.1, 0.15) is 33.6 Å². The number of aromatic nitrogens is 1. The molecule has 0 unspecified atom stereocenters. The molecule has 0 bridgehead atoms. The Bertz CT molecular complexity index is 470. The van der Waals surface area contributed by atoms with E-state index in [1.54, 1.807) is 0 Å². The molecular weight excluding hydrogens is 344 g/mol. The number of pyridine rings is 1. The van der Waals surface area contributed by atoms with Crippen LogP contribution in [0.15, 0.2) is 22.8 Å². The number of hydrogen-bond donors (Lipinski definition) is 0. The van der Waals surface area contributed by atoms with Gasteiger partial charge in [-0.15, -0.1) is 0 Å². The summed E-state index contributed by atoms with van der Waals surface area (Å²) in [5.41, 5.74) is 0. The van der Waals surface area contributed by atoms with Crippen LogP contribution < -0.4 is 4.90 Å². The Morgan fingerprint density at radius 3 is 2.62 bits per heavy atom. The molecule has 1 aromatic heterocycles. The second-order valence-electron chi connectivity index (χ2n) is 7.42. The zero-order valence-corrected chi connectivity index (χ0v) is 16.4. The predicted molar refractivity (Wildman–Crippen MR) is 95.5 cm³/mol. The molecule has 2 rings (SSSR count). The summed E-state index contributed by atoms with van der Waals surface area (Å²) in [6.07, 6.45) is 4.55. The number of rotatable bonds is 3. The van der Waals surface area contributed by atoms with E-state index in [1.807, 2.05) is 6.20 Å². The van der Waals surface area contributed by atoms with Crippen molar-refractivity contribution in [3.63, 3.8) is 0 Å². The van der Waals surface area contributed by atoms with Gasteiger partial charge in [0.15, 0.2) is 8.32 Å². The van der Waals surface area contributed by atoms with Gasteiger partial charge in [-0.25, -0.2) is 4.98 Å². The first-order valence-electron chi connectivity index (χ1n) is 7.73. The van der Waals surface area contributed by atoms with Crippen LogP contribution in [-0.4, -0.2) is 32.5 Å². The van der Waals surface area contributed by atoms with Gasteiger partial charge in [-0.2, -0.15) is 0 Å². The lowest BCUT2D eigenvalue weighted by atomic mass is 10.1.